The van der Waals surface area contributed by atoms with E-state index < -0.39 is 0 Å². The summed E-state index contributed by atoms with van der Waals surface area (Å²) in [5, 5.41) is 0. The van der Waals surface area contributed by atoms with Gasteiger partial charge in [-0.05, 0) is 32.2 Å². The lowest BCUT2D eigenvalue weighted by Gasteiger charge is -2.20. The third kappa shape index (κ3) is 5.31. The number of thiocarbonyl (C=S) groups is 1. The van der Waals surface area contributed by atoms with Gasteiger partial charge in [0, 0.05) is 34.2 Å². The van der Waals surface area contributed by atoms with Crippen LogP contribution in [0.15, 0.2) is 24.0 Å². The quantitative estimate of drug-likeness (QED) is 0.399. The molecule has 0 saturated carbocycles. The molecule has 5 heteroatoms. The number of hydrogen-bond acceptors (Lipinski definition) is 4. The summed E-state index contributed by atoms with van der Waals surface area (Å²) in [6.07, 6.45) is 5.67. The molecule has 0 fully saturated rings. The molecule has 0 aliphatic rings. The topological polar surface area (TPSA) is 26.8 Å². The lowest BCUT2D eigenvalue weighted by molar-refractivity contribution is -0.123. The van der Waals surface area contributed by atoms with Crippen molar-refractivity contribution in [1.29, 1.82) is 0 Å². The van der Waals surface area contributed by atoms with E-state index in [1.807, 2.05) is 26.4 Å². The zero-order chi connectivity index (χ0) is 14.1. The van der Waals surface area contributed by atoms with Crippen molar-refractivity contribution in [3.63, 3.8) is 0 Å². The highest BCUT2D eigenvalue weighted by Crippen LogP contribution is 2.03. The minimum atomic E-state index is -0.112. The Kier molecular flexibility index (Phi) is 8.03. The monoisotopic (exact) mass is 269 g/mol. The maximum absolute atomic E-state index is 12.0. The molecule has 0 radical (unpaired) electrons. The van der Waals surface area contributed by atoms with Crippen molar-refractivity contribution < 1.29 is 4.79 Å². The first-order chi connectivity index (χ1) is 8.47. The van der Waals surface area contributed by atoms with Gasteiger partial charge < -0.3 is 14.7 Å². The summed E-state index contributed by atoms with van der Waals surface area (Å²) >= 11 is 4.76. The maximum atomic E-state index is 12.0. The van der Waals surface area contributed by atoms with E-state index in [2.05, 4.69) is 18.7 Å². The fraction of sp³-hybridized carbons (Fsp3) is 0.538. The number of hydrogen-bond donors (Lipinski definition) is 0. The first-order valence-electron chi connectivity index (χ1n) is 6.00. The van der Waals surface area contributed by atoms with Gasteiger partial charge in [0.1, 0.15) is 5.70 Å². The van der Waals surface area contributed by atoms with Gasteiger partial charge >= 0.3 is 0 Å². The molecule has 4 nitrogen and oxygen atoms in total. The molecule has 0 aromatic heterocycles. The predicted octanol–water partition coefficient (Wildman–Crippen LogP) is 1.70. The van der Waals surface area contributed by atoms with Crippen LogP contribution in [-0.4, -0.2) is 60.3 Å². The lowest BCUT2D eigenvalue weighted by atomic mass is 10.3. The van der Waals surface area contributed by atoms with Gasteiger partial charge in [0.2, 0.25) is 0 Å². The van der Waals surface area contributed by atoms with Crippen LogP contribution >= 0.6 is 12.2 Å². The molecule has 0 aromatic carbocycles. The van der Waals surface area contributed by atoms with Gasteiger partial charge in [0.15, 0.2) is 0 Å². The van der Waals surface area contributed by atoms with Gasteiger partial charge in [0.05, 0.1) is 5.49 Å². The van der Waals surface area contributed by atoms with E-state index in [1.54, 1.807) is 18.0 Å². The Balaban J connectivity index is 4.90. The lowest BCUT2D eigenvalue weighted by Crippen LogP contribution is -2.31. The van der Waals surface area contributed by atoms with Gasteiger partial charge in [-0.1, -0.05) is 12.2 Å². The molecule has 1 amide bonds. The van der Waals surface area contributed by atoms with Crippen molar-refractivity contribution in [3.05, 3.63) is 24.0 Å². The summed E-state index contributed by atoms with van der Waals surface area (Å²) in [6.45, 7) is 6.09. The minimum absolute atomic E-state index is 0.112. The first kappa shape index (κ1) is 16.6. The molecule has 0 heterocycles. The van der Waals surface area contributed by atoms with Crippen LogP contribution in [0.3, 0.4) is 0 Å². The van der Waals surface area contributed by atoms with E-state index in [0.29, 0.717) is 5.70 Å². The fourth-order valence-corrected chi connectivity index (χ4v) is 1.43. The number of allylic oxidation sites excluding steroid dienone is 2. The Labute approximate surface area is 116 Å². The van der Waals surface area contributed by atoms with Gasteiger partial charge in [-0.15, -0.1) is 0 Å². The molecule has 0 aliphatic heterocycles. The van der Waals surface area contributed by atoms with Crippen molar-refractivity contribution >= 4 is 23.6 Å². The second kappa shape index (κ2) is 8.69. The van der Waals surface area contributed by atoms with Crippen molar-refractivity contribution in [2.24, 2.45) is 0 Å². The molecule has 0 saturated heterocycles. The molecule has 0 atom stereocenters. The smallest absolute Gasteiger partial charge is 0.274 e. The van der Waals surface area contributed by atoms with Crippen LogP contribution in [0.1, 0.15) is 13.8 Å². The molecule has 0 N–H and O–H groups in total. The number of amides is 1. The molecule has 0 spiro atoms. The summed E-state index contributed by atoms with van der Waals surface area (Å²) in [4.78, 5) is 17.3. The van der Waals surface area contributed by atoms with E-state index in [1.165, 1.54) is 10.4 Å². The van der Waals surface area contributed by atoms with Crippen molar-refractivity contribution in [2.75, 3.05) is 34.2 Å². The Morgan fingerprint density at radius 2 is 1.72 bits per heavy atom. The summed E-state index contributed by atoms with van der Waals surface area (Å²) in [6, 6.07) is 0. The predicted molar refractivity (Wildman–Crippen MR) is 80.3 cm³/mol. The van der Waals surface area contributed by atoms with Crippen LogP contribution in [0.2, 0.25) is 0 Å². The molecule has 102 valence electrons. The van der Waals surface area contributed by atoms with Gasteiger partial charge in [0.25, 0.3) is 5.91 Å². The molecule has 0 bridgehead atoms. The molecular weight excluding hydrogens is 246 g/mol. The molecule has 18 heavy (non-hydrogen) atoms. The standard InChI is InChI=1S/C13H23N3OS/c1-6-16(7-2)10-8-9-12(14(3)4)13(17)15(5)11-18/h8-11H,6-7H2,1-5H3/b10-8+,12-9+. The van der Waals surface area contributed by atoms with Crippen LogP contribution < -0.4 is 0 Å². The van der Waals surface area contributed by atoms with Crippen molar-refractivity contribution in [1.82, 2.24) is 14.7 Å². The van der Waals surface area contributed by atoms with E-state index in [9.17, 15) is 4.79 Å². The third-order valence-electron chi connectivity index (χ3n) is 2.54. The number of carbonyl (C=O) groups excluding carboxylic acids is 1. The van der Waals surface area contributed by atoms with Crippen molar-refractivity contribution in [2.45, 2.75) is 13.8 Å². The van der Waals surface area contributed by atoms with Crippen molar-refractivity contribution in [3.8, 4) is 0 Å². The Hall–Kier alpha value is -1.36. The highest BCUT2D eigenvalue weighted by Gasteiger charge is 2.13. The highest BCUT2D eigenvalue weighted by molar-refractivity contribution is 7.78. The Morgan fingerprint density at radius 3 is 2.11 bits per heavy atom. The van der Waals surface area contributed by atoms with E-state index in [4.69, 9.17) is 12.2 Å². The van der Waals surface area contributed by atoms with Gasteiger partial charge in [-0.2, -0.15) is 0 Å². The van der Waals surface area contributed by atoms with E-state index >= 15 is 0 Å². The largest absolute Gasteiger partial charge is 0.378 e. The zero-order valence-corrected chi connectivity index (χ0v) is 12.7. The van der Waals surface area contributed by atoms with Crippen LogP contribution in [-0.2, 0) is 4.79 Å². The summed E-state index contributed by atoms with van der Waals surface area (Å²) < 4.78 is 0. The first-order valence-corrected chi connectivity index (χ1v) is 6.47. The molecule has 0 aliphatic carbocycles. The fourth-order valence-electron chi connectivity index (χ4n) is 1.33. The Morgan fingerprint density at radius 1 is 1.17 bits per heavy atom. The van der Waals surface area contributed by atoms with Crippen LogP contribution in [0.4, 0.5) is 0 Å². The summed E-state index contributed by atoms with van der Waals surface area (Å²) in [5.74, 6) is -0.112. The number of nitrogens with zero attached hydrogens (tertiary/aromatic N) is 3. The third-order valence-corrected chi connectivity index (χ3v) is 2.86. The van der Waals surface area contributed by atoms with Gasteiger partial charge in [-0.25, -0.2) is 0 Å². The minimum Gasteiger partial charge on any atom is -0.378 e. The SMILES string of the molecule is CCN(/C=C/C=C(\C(=O)N(C)C=S)N(C)C)CC. The molecular formula is C13H23N3OS. The number of carbonyl (C=O) groups is 1. The summed E-state index contributed by atoms with van der Waals surface area (Å²) in [5.41, 5.74) is 1.94. The average Bonchev–Trinajstić information content (AvgIpc) is 2.37. The second-order valence-corrected chi connectivity index (χ2v) is 4.24. The number of rotatable bonds is 7. The van der Waals surface area contributed by atoms with Crippen LogP contribution in [0.5, 0.6) is 0 Å². The maximum Gasteiger partial charge on any atom is 0.274 e. The second-order valence-electron chi connectivity index (χ2n) is 4.03. The normalized spacial score (nSPS) is 11.5. The highest BCUT2D eigenvalue weighted by atomic mass is 32.1. The van der Waals surface area contributed by atoms with Gasteiger partial charge in [-0.3, -0.25) is 4.79 Å². The van der Waals surface area contributed by atoms with E-state index in [-0.39, 0.29) is 5.91 Å². The molecule has 0 aromatic rings. The Bertz CT molecular complexity index is 333. The van der Waals surface area contributed by atoms with Crippen LogP contribution in [0.25, 0.3) is 0 Å². The number of likely N-dealkylation sites (N-methyl/N-ethyl adjacent to an activating group) is 2. The average molecular weight is 269 g/mol. The zero-order valence-electron chi connectivity index (χ0n) is 11.9. The molecule has 0 rings (SSSR count). The van der Waals surface area contributed by atoms with E-state index in [0.717, 1.165) is 13.1 Å². The van der Waals surface area contributed by atoms with Crippen LogP contribution in [0, 0.1) is 0 Å². The summed E-state index contributed by atoms with van der Waals surface area (Å²) in [7, 11) is 5.33. The molecule has 0 unspecified atom stereocenters.